The van der Waals surface area contributed by atoms with Gasteiger partial charge in [-0.25, -0.2) is 0 Å². The molecule has 4 rings (SSSR count). The molecule has 23 heavy (non-hydrogen) atoms. The van der Waals surface area contributed by atoms with Crippen LogP contribution >= 0.6 is 23.5 Å². The van der Waals surface area contributed by atoms with E-state index in [1.807, 2.05) is 0 Å². The molecule has 4 unspecified atom stereocenters. The summed E-state index contributed by atoms with van der Waals surface area (Å²) in [5.41, 5.74) is 3.05. The minimum Gasteiger partial charge on any atom is -0.370 e. The number of fused-ring (bicyclic) bond motifs is 2. The van der Waals surface area contributed by atoms with E-state index in [0.29, 0.717) is 4.75 Å². The van der Waals surface area contributed by atoms with E-state index >= 15 is 0 Å². The van der Waals surface area contributed by atoms with E-state index in [0.717, 1.165) is 17.2 Å². The van der Waals surface area contributed by atoms with Gasteiger partial charge in [0.25, 0.3) is 0 Å². The smallest absolute Gasteiger partial charge is 0.0504 e. The molecule has 2 aliphatic heterocycles. The molecule has 0 amide bonds. The predicted octanol–water partition coefficient (Wildman–Crippen LogP) is 5.93. The fourth-order valence-corrected chi connectivity index (χ4v) is 6.74. The molecule has 1 saturated heterocycles. The number of rotatable bonds is 4. The number of nitrogens with zero attached hydrogens (tertiary/aromatic N) is 1. The number of anilines is 1. The predicted molar refractivity (Wildman–Crippen MR) is 105 cm³/mol. The first-order chi connectivity index (χ1) is 11.1. The summed E-state index contributed by atoms with van der Waals surface area (Å²) in [7, 11) is 2.32. The minimum atomic E-state index is 0.564. The van der Waals surface area contributed by atoms with Crippen molar-refractivity contribution in [2.45, 2.75) is 79.2 Å². The summed E-state index contributed by atoms with van der Waals surface area (Å²) in [5, 5.41) is 0.813. The summed E-state index contributed by atoms with van der Waals surface area (Å²) in [4.78, 5) is 4.12. The number of hydrogen-bond donors (Lipinski definition) is 0. The molecule has 0 aromatic heterocycles. The van der Waals surface area contributed by atoms with Crippen molar-refractivity contribution in [3.8, 4) is 0 Å². The molecule has 4 atom stereocenters. The molecule has 3 aliphatic rings. The van der Waals surface area contributed by atoms with Gasteiger partial charge in [-0.3, -0.25) is 0 Å². The molecule has 1 aromatic rings. The van der Waals surface area contributed by atoms with Gasteiger partial charge in [-0.15, -0.1) is 11.8 Å². The minimum absolute atomic E-state index is 0.564. The normalized spacial score (nSPS) is 33.8. The third kappa shape index (κ3) is 3.16. The monoisotopic (exact) mass is 347 g/mol. The number of benzene rings is 1. The highest BCUT2D eigenvalue weighted by atomic mass is 32.2. The van der Waals surface area contributed by atoms with Gasteiger partial charge in [0.2, 0.25) is 0 Å². The van der Waals surface area contributed by atoms with E-state index in [9.17, 15) is 0 Å². The Balaban J connectivity index is 1.60. The summed E-state index contributed by atoms with van der Waals surface area (Å²) >= 11 is 4.31. The lowest BCUT2D eigenvalue weighted by atomic mass is 9.88. The van der Waals surface area contributed by atoms with Crippen LogP contribution in [-0.4, -0.2) is 28.8 Å². The Labute approximate surface area is 150 Å². The molecule has 0 bridgehead atoms. The zero-order chi connectivity index (χ0) is 16.0. The molecule has 1 aromatic carbocycles. The fourth-order valence-electron chi connectivity index (χ4n) is 4.43. The van der Waals surface area contributed by atoms with E-state index in [2.05, 4.69) is 67.5 Å². The second-order valence-corrected chi connectivity index (χ2v) is 10.7. The van der Waals surface area contributed by atoms with Crippen LogP contribution in [0, 0.1) is 0 Å². The maximum atomic E-state index is 2.58. The van der Waals surface area contributed by atoms with Crippen LogP contribution in [0.15, 0.2) is 23.1 Å². The standard InChI is InChI=1S/C20H29NS2/c1-4-14(12-20(2)13-22-20)15-9-10-17-19(11-15)23-18-8-6-5-7-16(18)21(17)3/h9-11,14,16,18H,4-8,12-13H2,1-3H3. The van der Waals surface area contributed by atoms with Crippen LogP contribution in [0.3, 0.4) is 0 Å². The Kier molecular flexibility index (Phi) is 4.38. The second kappa shape index (κ2) is 6.22. The average Bonchev–Trinajstić information content (AvgIpc) is 3.30. The van der Waals surface area contributed by atoms with E-state index in [4.69, 9.17) is 0 Å². The van der Waals surface area contributed by atoms with E-state index in [1.165, 1.54) is 50.0 Å². The summed E-state index contributed by atoms with van der Waals surface area (Å²) in [6.45, 7) is 4.80. The Hall–Kier alpha value is -0.280. The summed E-state index contributed by atoms with van der Waals surface area (Å²) in [5.74, 6) is 2.09. The van der Waals surface area contributed by atoms with Crippen molar-refractivity contribution in [1.82, 2.24) is 0 Å². The summed E-state index contributed by atoms with van der Waals surface area (Å²) in [6.07, 6.45) is 8.22. The molecule has 1 saturated carbocycles. The fraction of sp³-hybridized carbons (Fsp3) is 0.700. The number of hydrogen-bond acceptors (Lipinski definition) is 3. The molecule has 2 heterocycles. The van der Waals surface area contributed by atoms with Gasteiger partial charge >= 0.3 is 0 Å². The van der Waals surface area contributed by atoms with Crippen molar-refractivity contribution in [2.75, 3.05) is 17.7 Å². The second-order valence-electron chi connectivity index (χ2n) is 7.89. The molecule has 3 heteroatoms. The van der Waals surface area contributed by atoms with E-state index in [1.54, 1.807) is 10.5 Å². The highest BCUT2D eigenvalue weighted by Crippen LogP contribution is 2.52. The molecular weight excluding hydrogens is 318 g/mol. The molecule has 126 valence electrons. The van der Waals surface area contributed by atoms with Gasteiger partial charge < -0.3 is 4.90 Å². The Morgan fingerprint density at radius 3 is 2.83 bits per heavy atom. The van der Waals surface area contributed by atoms with Crippen molar-refractivity contribution in [2.24, 2.45) is 0 Å². The van der Waals surface area contributed by atoms with Gasteiger partial charge in [-0.05, 0) is 56.2 Å². The van der Waals surface area contributed by atoms with Crippen molar-refractivity contribution in [1.29, 1.82) is 0 Å². The lowest BCUT2D eigenvalue weighted by Crippen LogP contribution is -2.44. The first kappa shape index (κ1) is 16.2. The van der Waals surface area contributed by atoms with Crippen LogP contribution < -0.4 is 4.90 Å². The molecular formula is C20H29NS2. The summed E-state index contributed by atoms with van der Waals surface area (Å²) < 4.78 is 0.564. The van der Waals surface area contributed by atoms with Crippen molar-refractivity contribution < 1.29 is 0 Å². The lowest BCUT2D eigenvalue weighted by molar-refractivity contribution is 0.433. The van der Waals surface area contributed by atoms with Crippen LogP contribution in [0.5, 0.6) is 0 Å². The van der Waals surface area contributed by atoms with E-state index in [-0.39, 0.29) is 0 Å². The van der Waals surface area contributed by atoms with Crippen LogP contribution in [-0.2, 0) is 0 Å². The molecule has 0 spiro atoms. The van der Waals surface area contributed by atoms with Crippen LogP contribution in [0.2, 0.25) is 0 Å². The van der Waals surface area contributed by atoms with Gasteiger partial charge in [-0.1, -0.05) is 25.8 Å². The average molecular weight is 348 g/mol. The third-order valence-corrected chi connectivity index (χ3v) is 8.96. The topological polar surface area (TPSA) is 3.24 Å². The van der Waals surface area contributed by atoms with Crippen molar-refractivity contribution in [3.05, 3.63) is 23.8 Å². The van der Waals surface area contributed by atoms with Gasteiger partial charge in [0.1, 0.15) is 0 Å². The van der Waals surface area contributed by atoms with Crippen LogP contribution in [0.1, 0.15) is 63.9 Å². The molecule has 2 fully saturated rings. The maximum Gasteiger partial charge on any atom is 0.0504 e. The molecule has 0 radical (unpaired) electrons. The molecule has 1 nitrogen and oxygen atoms in total. The van der Waals surface area contributed by atoms with Gasteiger partial charge in [0.05, 0.1) is 5.69 Å². The zero-order valence-electron chi connectivity index (χ0n) is 14.7. The van der Waals surface area contributed by atoms with Crippen LogP contribution in [0.4, 0.5) is 5.69 Å². The Bertz CT molecular complexity index is 581. The Morgan fingerprint density at radius 2 is 2.09 bits per heavy atom. The largest absolute Gasteiger partial charge is 0.370 e. The molecule has 1 aliphatic carbocycles. The Morgan fingerprint density at radius 1 is 1.30 bits per heavy atom. The van der Waals surface area contributed by atoms with Gasteiger partial charge in [0, 0.05) is 33.7 Å². The highest BCUT2D eigenvalue weighted by molar-refractivity contribution is 8.07. The van der Waals surface area contributed by atoms with Crippen molar-refractivity contribution in [3.63, 3.8) is 0 Å². The first-order valence-corrected chi connectivity index (χ1v) is 11.1. The van der Waals surface area contributed by atoms with Crippen molar-refractivity contribution >= 4 is 29.2 Å². The van der Waals surface area contributed by atoms with Gasteiger partial charge in [0.15, 0.2) is 0 Å². The number of thioether (sulfide) groups is 2. The third-order valence-electron chi connectivity index (χ3n) is 6.09. The van der Waals surface area contributed by atoms with Gasteiger partial charge in [-0.2, -0.15) is 11.8 Å². The lowest BCUT2D eigenvalue weighted by Gasteiger charge is -2.44. The quantitative estimate of drug-likeness (QED) is 0.622. The van der Waals surface area contributed by atoms with E-state index < -0.39 is 0 Å². The highest BCUT2D eigenvalue weighted by Gasteiger charge is 2.40. The molecule has 0 N–H and O–H groups in total. The summed E-state index contributed by atoms with van der Waals surface area (Å²) in [6, 6.07) is 8.12. The first-order valence-electron chi connectivity index (χ1n) is 9.27. The van der Waals surface area contributed by atoms with Crippen LogP contribution in [0.25, 0.3) is 0 Å². The SMILES string of the molecule is CCC(CC1(C)CS1)c1ccc2c(c1)SC1CCCCC1N2C. The maximum absolute atomic E-state index is 2.58. The zero-order valence-corrected chi connectivity index (χ0v) is 16.3.